The van der Waals surface area contributed by atoms with E-state index >= 15 is 0 Å². The van der Waals surface area contributed by atoms with Gasteiger partial charge in [0.05, 0.1) is 5.52 Å². The summed E-state index contributed by atoms with van der Waals surface area (Å²) in [6.45, 7) is 7.97. The summed E-state index contributed by atoms with van der Waals surface area (Å²) in [5.41, 5.74) is 3.38. The molecular formula is C14H17NO. The standard InChI is InChI=1S/C14H17NO/c1-9(2)14-10(3)15(11(4)16)13-8-6-5-7-12(13)14/h5-9H,1-4H3. The predicted molar refractivity (Wildman–Crippen MR) is 67.1 cm³/mol. The van der Waals surface area contributed by atoms with E-state index in [1.54, 1.807) is 6.92 Å². The molecule has 0 aliphatic carbocycles. The van der Waals surface area contributed by atoms with Crippen molar-refractivity contribution in [3.63, 3.8) is 0 Å². The van der Waals surface area contributed by atoms with Gasteiger partial charge in [-0.2, -0.15) is 0 Å². The molecule has 1 aromatic heterocycles. The Bertz CT molecular complexity index is 549. The van der Waals surface area contributed by atoms with E-state index in [0.29, 0.717) is 5.92 Å². The summed E-state index contributed by atoms with van der Waals surface area (Å²) in [4.78, 5) is 11.7. The molecule has 0 fully saturated rings. The summed E-state index contributed by atoms with van der Waals surface area (Å²) >= 11 is 0. The molecule has 0 radical (unpaired) electrons. The van der Waals surface area contributed by atoms with E-state index in [-0.39, 0.29) is 5.91 Å². The minimum atomic E-state index is 0.0839. The third-order valence-corrected chi connectivity index (χ3v) is 3.05. The monoisotopic (exact) mass is 215 g/mol. The quantitative estimate of drug-likeness (QED) is 0.710. The Morgan fingerprint density at radius 3 is 2.44 bits per heavy atom. The molecule has 2 nitrogen and oxygen atoms in total. The van der Waals surface area contributed by atoms with Gasteiger partial charge in [0.1, 0.15) is 0 Å². The zero-order valence-corrected chi connectivity index (χ0v) is 10.2. The Labute approximate surface area is 95.9 Å². The van der Waals surface area contributed by atoms with E-state index in [2.05, 4.69) is 19.9 Å². The summed E-state index contributed by atoms with van der Waals surface area (Å²) in [6, 6.07) is 8.11. The van der Waals surface area contributed by atoms with Crippen LogP contribution in [0.4, 0.5) is 0 Å². The lowest BCUT2D eigenvalue weighted by Gasteiger charge is -2.06. The van der Waals surface area contributed by atoms with Crippen LogP contribution >= 0.6 is 0 Å². The van der Waals surface area contributed by atoms with Gasteiger partial charge in [-0.25, -0.2) is 0 Å². The highest BCUT2D eigenvalue weighted by Gasteiger charge is 2.17. The number of hydrogen-bond acceptors (Lipinski definition) is 1. The van der Waals surface area contributed by atoms with E-state index in [1.165, 1.54) is 10.9 Å². The van der Waals surface area contributed by atoms with Crippen LogP contribution in [-0.2, 0) is 0 Å². The van der Waals surface area contributed by atoms with Crippen LogP contribution in [0.25, 0.3) is 10.9 Å². The van der Waals surface area contributed by atoms with E-state index in [9.17, 15) is 4.79 Å². The second-order valence-corrected chi connectivity index (χ2v) is 4.53. The maximum absolute atomic E-state index is 11.7. The van der Waals surface area contributed by atoms with Crippen molar-refractivity contribution in [2.75, 3.05) is 0 Å². The summed E-state index contributed by atoms with van der Waals surface area (Å²) in [6.07, 6.45) is 0. The zero-order valence-electron chi connectivity index (χ0n) is 10.2. The summed E-state index contributed by atoms with van der Waals surface area (Å²) < 4.78 is 1.81. The fourth-order valence-electron chi connectivity index (χ4n) is 2.53. The van der Waals surface area contributed by atoms with Crippen LogP contribution in [0.2, 0.25) is 0 Å². The molecule has 16 heavy (non-hydrogen) atoms. The van der Waals surface area contributed by atoms with Crippen molar-refractivity contribution in [2.45, 2.75) is 33.6 Å². The highest BCUT2D eigenvalue weighted by Crippen LogP contribution is 2.31. The largest absolute Gasteiger partial charge is 0.284 e. The summed E-state index contributed by atoms with van der Waals surface area (Å²) in [5, 5.41) is 1.20. The first kappa shape index (κ1) is 10.9. The molecule has 84 valence electrons. The van der Waals surface area contributed by atoms with Gasteiger partial charge >= 0.3 is 0 Å². The van der Waals surface area contributed by atoms with Crippen molar-refractivity contribution in [1.82, 2.24) is 4.57 Å². The second kappa shape index (κ2) is 3.78. The fraction of sp³-hybridized carbons (Fsp3) is 0.357. The number of hydrogen-bond donors (Lipinski definition) is 0. The Balaban J connectivity index is 2.91. The molecule has 0 aliphatic rings. The van der Waals surface area contributed by atoms with Crippen LogP contribution in [0.15, 0.2) is 24.3 Å². The molecule has 0 N–H and O–H groups in total. The Morgan fingerprint density at radius 1 is 1.25 bits per heavy atom. The lowest BCUT2D eigenvalue weighted by atomic mass is 10.00. The lowest BCUT2D eigenvalue weighted by Crippen LogP contribution is -2.07. The van der Waals surface area contributed by atoms with Crippen LogP contribution < -0.4 is 0 Å². The van der Waals surface area contributed by atoms with Gasteiger partial charge in [-0.1, -0.05) is 32.0 Å². The number of carbonyl (C=O) groups excluding carboxylic acids is 1. The van der Waals surface area contributed by atoms with E-state index in [4.69, 9.17) is 0 Å². The van der Waals surface area contributed by atoms with Gasteiger partial charge in [-0.05, 0) is 24.5 Å². The molecule has 0 bridgehead atoms. The molecule has 1 heterocycles. The third-order valence-electron chi connectivity index (χ3n) is 3.05. The van der Waals surface area contributed by atoms with Crippen molar-refractivity contribution in [3.8, 4) is 0 Å². The van der Waals surface area contributed by atoms with Crippen LogP contribution in [0.3, 0.4) is 0 Å². The van der Waals surface area contributed by atoms with Crippen molar-refractivity contribution in [2.24, 2.45) is 0 Å². The molecule has 2 aromatic rings. The minimum absolute atomic E-state index is 0.0839. The van der Waals surface area contributed by atoms with Crippen LogP contribution in [0.5, 0.6) is 0 Å². The predicted octanol–water partition coefficient (Wildman–Crippen LogP) is 3.73. The average Bonchev–Trinajstić information content (AvgIpc) is 2.49. The third kappa shape index (κ3) is 1.45. The molecule has 0 aliphatic heterocycles. The van der Waals surface area contributed by atoms with Crippen molar-refractivity contribution < 1.29 is 4.79 Å². The highest BCUT2D eigenvalue weighted by atomic mass is 16.1. The highest BCUT2D eigenvalue weighted by molar-refractivity contribution is 5.95. The fourth-order valence-corrected chi connectivity index (χ4v) is 2.53. The normalized spacial score (nSPS) is 11.3. The van der Waals surface area contributed by atoms with Crippen LogP contribution in [-0.4, -0.2) is 10.5 Å². The molecule has 2 rings (SSSR count). The maximum Gasteiger partial charge on any atom is 0.228 e. The van der Waals surface area contributed by atoms with E-state index < -0.39 is 0 Å². The molecule has 0 saturated heterocycles. The SMILES string of the molecule is CC(=O)n1c(C)c(C(C)C)c2ccccc21. The number of nitrogens with zero attached hydrogens (tertiary/aromatic N) is 1. The molecule has 0 saturated carbocycles. The summed E-state index contributed by atoms with van der Waals surface area (Å²) in [5.74, 6) is 0.520. The van der Waals surface area contributed by atoms with Crippen molar-refractivity contribution >= 4 is 16.8 Å². The number of fused-ring (bicyclic) bond motifs is 1. The molecule has 2 heteroatoms. The van der Waals surface area contributed by atoms with Gasteiger partial charge in [0.15, 0.2) is 0 Å². The molecular weight excluding hydrogens is 198 g/mol. The van der Waals surface area contributed by atoms with Gasteiger partial charge < -0.3 is 0 Å². The van der Waals surface area contributed by atoms with Crippen LogP contribution in [0, 0.1) is 6.92 Å². The van der Waals surface area contributed by atoms with Crippen molar-refractivity contribution in [1.29, 1.82) is 0 Å². The van der Waals surface area contributed by atoms with E-state index in [1.807, 2.05) is 29.7 Å². The topological polar surface area (TPSA) is 22.0 Å². The number of para-hydroxylation sites is 1. The van der Waals surface area contributed by atoms with Gasteiger partial charge in [0, 0.05) is 18.0 Å². The first-order valence-corrected chi connectivity index (χ1v) is 5.65. The van der Waals surface area contributed by atoms with Crippen molar-refractivity contribution in [3.05, 3.63) is 35.5 Å². The van der Waals surface area contributed by atoms with E-state index in [0.717, 1.165) is 11.2 Å². The molecule has 0 spiro atoms. The number of carbonyl (C=O) groups is 1. The molecule has 0 atom stereocenters. The van der Waals surface area contributed by atoms with Gasteiger partial charge in [-0.15, -0.1) is 0 Å². The Morgan fingerprint density at radius 2 is 1.88 bits per heavy atom. The summed E-state index contributed by atoms with van der Waals surface area (Å²) in [7, 11) is 0. The van der Waals surface area contributed by atoms with Gasteiger partial charge in [-0.3, -0.25) is 9.36 Å². The van der Waals surface area contributed by atoms with Crippen LogP contribution in [0.1, 0.15) is 42.7 Å². The number of benzene rings is 1. The first-order chi connectivity index (χ1) is 7.54. The Kier molecular flexibility index (Phi) is 2.58. The van der Waals surface area contributed by atoms with Gasteiger partial charge in [0.25, 0.3) is 0 Å². The van der Waals surface area contributed by atoms with Gasteiger partial charge in [0.2, 0.25) is 5.91 Å². The second-order valence-electron chi connectivity index (χ2n) is 4.53. The number of aromatic nitrogens is 1. The minimum Gasteiger partial charge on any atom is -0.284 e. The molecule has 0 unspecified atom stereocenters. The first-order valence-electron chi connectivity index (χ1n) is 5.65. The zero-order chi connectivity index (χ0) is 11.9. The molecule has 0 amide bonds. The number of rotatable bonds is 1. The molecule has 1 aromatic carbocycles. The smallest absolute Gasteiger partial charge is 0.228 e. The average molecular weight is 215 g/mol. The maximum atomic E-state index is 11.7. The Hall–Kier alpha value is -1.57. The lowest BCUT2D eigenvalue weighted by molar-refractivity contribution is 0.0939.